The zero-order valence-corrected chi connectivity index (χ0v) is 13.1. The molecule has 0 fully saturated rings. The zero-order chi connectivity index (χ0) is 15.0. The molecule has 0 unspecified atom stereocenters. The predicted molar refractivity (Wildman–Crippen MR) is 79.7 cm³/mol. The van der Waals surface area contributed by atoms with Crippen LogP contribution in [0.2, 0.25) is 0 Å². The Morgan fingerprint density at radius 2 is 2.00 bits per heavy atom. The molecule has 1 aliphatic heterocycles. The van der Waals surface area contributed by atoms with Gasteiger partial charge in [-0.1, -0.05) is 20.8 Å². The summed E-state index contributed by atoms with van der Waals surface area (Å²) in [6.45, 7) is 11.1. The Bertz CT molecular complexity index is 509. The highest BCUT2D eigenvalue weighted by Gasteiger charge is 2.32. The molecular formula is C17H24O3. The van der Waals surface area contributed by atoms with Crippen molar-refractivity contribution < 1.29 is 14.3 Å². The number of ketones is 1. The molecule has 110 valence electrons. The first-order chi connectivity index (χ1) is 9.16. The van der Waals surface area contributed by atoms with Crippen LogP contribution in [0.5, 0.6) is 11.5 Å². The lowest BCUT2D eigenvalue weighted by atomic mass is 9.93. The fourth-order valence-corrected chi connectivity index (χ4v) is 2.20. The minimum absolute atomic E-state index is 0.137. The van der Waals surface area contributed by atoms with E-state index in [2.05, 4.69) is 20.8 Å². The van der Waals surface area contributed by atoms with Gasteiger partial charge in [-0.25, -0.2) is 0 Å². The first-order valence-electron chi connectivity index (χ1n) is 7.15. The van der Waals surface area contributed by atoms with Crippen LogP contribution in [0, 0.1) is 5.41 Å². The topological polar surface area (TPSA) is 35.5 Å². The quantitative estimate of drug-likeness (QED) is 0.828. The predicted octanol–water partition coefficient (Wildman–Crippen LogP) is 4.25. The summed E-state index contributed by atoms with van der Waals surface area (Å²) in [5.74, 6) is 1.54. The van der Waals surface area contributed by atoms with Crippen molar-refractivity contribution in [3.05, 3.63) is 23.8 Å². The van der Waals surface area contributed by atoms with Crippen LogP contribution in [0.4, 0.5) is 0 Å². The summed E-state index contributed by atoms with van der Waals surface area (Å²) >= 11 is 0. The normalized spacial score (nSPS) is 17.4. The van der Waals surface area contributed by atoms with Gasteiger partial charge in [-0.05, 0) is 37.8 Å². The van der Waals surface area contributed by atoms with Crippen molar-refractivity contribution in [2.24, 2.45) is 5.41 Å². The van der Waals surface area contributed by atoms with E-state index in [0.29, 0.717) is 24.3 Å². The molecule has 0 atom stereocenters. The maximum Gasteiger partial charge on any atom is 0.170 e. The van der Waals surface area contributed by atoms with E-state index < -0.39 is 5.60 Å². The van der Waals surface area contributed by atoms with Gasteiger partial charge in [0.05, 0.1) is 18.6 Å². The van der Waals surface area contributed by atoms with Crippen molar-refractivity contribution in [3.63, 3.8) is 0 Å². The van der Waals surface area contributed by atoms with E-state index in [1.807, 2.05) is 26.0 Å². The Balaban J connectivity index is 2.10. The van der Waals surface area contributed by atoms with Gasteiger partial charge in [-0.2, -0.15) is 0 Å². The van der Waals surface area contributed by atoms with Crippen molar-refractivity contribution in [2.45, 2.75) is 53.1 Å². The molecule has 0 amide bonds. The third kappa shape index (κ3) is 3.75. The monoisotopic (exact) mass is 276 g/mol. The second-order valence-corrected chi connectivity index (χ2v) is 7.28. The third-order valence-electron chi connectivity index (χ3n) is 3.35. The Morgan fingerprint density at radius 1 is 1.30 bits per heavy atom. The summed E-state index contributed by atoms with van der Waals surface area (Å²) < 4.78 is 11.6. The van der Waals surface area contributed by atoms with Crippen LogP contribution in [0.3, 0.4) is 0 Å². The summed E-state index contributed by atoms with van der Waals surface area (Å²) in [7, 11) is 0. The smallest absolute Gasteiger partial charge is 0.170 e. The van der Waals surface area contributed by atoms with Gasteiger partial charge in [0.2, 0.25) is 0 Å². The fraction of sp³-hybridized carbons (Fsp3) is 0.588. The van der Waals surface area contributed by atoms with Crippen LogP contribution in [0.15, 0.2) is 18.2 Å². The molecule has 3 nitrogen and oxygen atoms in total. The molecule has 1 aromatic rings. The summed E-state index contributed by atoms with van der Waals surface area (Å²) in [5, 5.41) is 0. The van der Waals surface area contributed by atoms with E-state index in [1.165, 1.54) is 0 Å². The highest BCUT2D eigenvalue weighted by Crippen LogP contribution is 2.35. The molecule has 0 aliphatic carbocycles. The second-order valence-electron chi connectivity index (χ2n) is 7.28. The first kappa shape index (κ1) is 14.9. The number of hydrogen-bond acceptors (Lipinski definition) is 3. The van der Waals surface area contributed by atoms with E-state index in [-0.39, 0.29) is 11.2 Å². The zero-order valence-electron chi connectivity index (χ0n) is 13.1. The molecule has 1 heterocycles. The molecule has 1 aliphatic rings. The molecule has 2 rings (SSSR count). The van der Waals surface area contributed by atoms with Crippen molar-refractivity contribution in [2.75, 3.05) is 6.61 Å². The fourth-order valence-electron chi connectivity index (χ4n) is 2.20. The van der Waals surface area contributed by atoms with E-state index >= 15 is 0 Å². The summed E-state index contributed by atoms with van der Waals surface area (Å²) in [5.41, 5.74) is 0.476. The van der Waals surface area contributed by atoms with Crippen LogP contribution in [-0.2, 0) is 0 Å². The molecule has 20 heavy (non-hydrogen) atoms. The lowest BCUT2D eigenvalue weighted by Gasteiger charge is -2.31. The molecule has 3 heteroatoms. The molecule has 0 spiro atoms. The first-order valence-corrected chi connectivity index (χ1v) is 7.15. The van der Waals surface area contributed by atoms with Crippen molar-refractivity contribution in [1.29, 1.82) is 0 Å². The number of ether oxygens (including phenoxy) is 2. The van der Waals surface area contributed by atoms with Gasteiger partial charge < -0.3 is 9.47 Å². The highest BCUT2D eigenvalue weighted by molar-refractivity contribution is 6.00. The van der Waals surface area contributed by atoms with Crippen LogP contribution in [0.25, 0.3) is 0 Å². The van der Waals surface area contributed by atoms with E-state index in [4.69, 9.17) is 9.47 Å². The Hall–Kier alpha value is -1.51. The van der Waals surface area contributed by atoms with Gasteiger partial charge in [0.1, 0.15) is 17.1 Å². The summed E-state index contributed by atoms with van der Waals surface area (Å²) in [6.07, 6.45) is 1.40. The standard InChI is InChI=1S/C17H24O3/c1-16(2,3)8-9-19-12-6-7-13-14(18)11-17(4,5)20-15(13)10-12/h6-7,10H,8-9,11H2,1-5H3. The number of benzene rings is 1. The Kier molecular flexibility index (Phi) is 3.81. The lowest BCUT2D eigenvalue weighted by molar-refractivity contribution is 0.0618. The van der Waals surface area contributed by atoms with Gasteiger partial charge in [0.25, 0.3) is 0 Å². The van der Waals surface area contributed by atoms with Crippen molar-refractivity contribution in [3.8, 4) is 11.5 Å². The third-order valence-corrected chi connectivity index (χ3v) is 3.35. The Morgan fingerprint density at radius 3 is 2.65 bits per heavy atom. The number of hydrogen-bond donors (Lipinski definition) is 0. The van der Waals surface area contributed by atoms with Crippen LogP contribution >= 0.6 is 0 Å². The van der Waals surface area contributed by atoms with Crippen molar-refractivity contribution >= 4 is 5.78 Å². The number of Topliss-reactive ketones (excluding diaryl/α,β-unsaturated/α-hetero) is 1. The lowest BCUT2D eigenvalue weighted by Crippen LogP contribution is -2.35. The van der Waals surface area contributed by atoms with E-state index in [1.54, 1.807) is 6.07 Å². The highest BCUT2D eigenvalue weighted by atomic mass is 16.5. The second kappa shape index (κ2) is 5.12. The van der Waals surface area contributed by atoms with Gasteiger partial charge in [-0.15, -0.1) is 0 Å². The molecule has 0 saturated carbocycles. The van der Waals surface area contributed by atoms with Gasteiger partial charge >= 0.3 is 0 Å². The molecule has 0 N–H and O–H groups in total. The minimum Gasteiger partial charge on any atom is -0.493 e. The maximum absolute atomic E-state index is 12.0. The molecule has 0 saturated heterocycles. The summed E-state index contributed by atoms with van der Waals surface area (Å²) in [4.78, 5) is 12.0. The average molecular weight is 276 g/mol. The van der Waals surface area contributed by atoms with E-state index in [9.17, 15) is 4.79 Å². The molecule has 1 aromatic carbocycles. The Labute approximate surface area is 121 Å². The minimum atomic E-state index is -0.436. The summed E-state index contributed by atoms with van der Waals surface area (Å²) in [6, 6.07) is 5.48. The SMILES string of the molecule is CC(C)(C)CCOc1ccc2c(c1)OC(C)(C)CC2=O. The largest absolute Gasteiger partial charge is 0.493 e. The van der Waals surface area contributed by atoms with Crippen molar-refractivity contribution in [1.82, 2.24) is 0 Å². The number of carbonyl (C=O) groups excluding carboxylic acids is 1. The number of carbonyl (C=O) groups is 1. The average Bonchev–Trinajstić information content (AvgIpc) is 2.24. The molecule has 0 radical (unpaired) electrons. The van der Waals surface area contributed by atoms with E-state index in [0.717, 1.165) is 12.2 Å². The molecular weight excluding hydrogens is 252 g/mol. The van der Waals surface area contributed by atoms with Crippen LogP contribution in [0.1, 0.15) is 57.8 Å². The number of rotatable bonds is 3. The molecule has 0 aromatic heterocycles. The van der Waals surface area contributed by atoms with Gasteiger partial charge in [-0.3, -0.25) is 4.79 Å². The van der Waals surface area contributed by atoms with Gasteiger partial charge in [0, 0.05) is 6.07 Å². The van der Waals surface area contributed by atoms with Crippen LogP contribution < -0.4 is 9.47 Å². The molecule has 0 bridgehead atoms. The van der Waals surface area contributed by atoms with Gasteiger partial charge in [0.15, 0.2) is 5.78 Å². The van der Waals surface area contributed by atoms with Crippen LogP contribution in [-0.4, -0.2) is 18.0 Å². The maximum atomic E-state index is 12.0. The number of fused-ring (bicyclic) bond motifs is 1.